The molecule has 26 nitrogen and oxygen atoms in total. The molecular formula is C42H61N3O23. The maximum atomic E-state index is 12.8. The highest BCUT2D eigenvalue weighted by atomic mass is 16.8. The summed E-state index contributed by atoms with van der Waals surface area (Å²) in [5.41, 5.74) is 1.22. The molecule has 0 radical (unpaired) electrons. The Labute approximate surface area is 388 Å². The highest BCUT2D eigenvalue weighted by Crippen LogP contribution is 2.34. The van der Waals surface area contributed by atoms with Crippen molar-refractivity contribution >= 4 is 29.3 Å². The van der Waals surface area contributed by atoms with Gasteiger partial charge in [-0.3, -0.25) is 14.9 Å². The molecule has 3 aliphatic heterocycles. The van der Waals surface area contributed by atoms with Gasteiger partial charge in [0.2, 0.25) is 11.8 Å². The molecule has 0 bridgehead atoms. The van der Waals surface area contributed by atoms with Gasteiger partial charge in [0, 0.05) is 25.2 Å². The second-order valence-electron chi connectivity index (χ2n) is 16.3. The highest BCUT2D eigenvalue weighted by Gasteiger charge is 2.55. The number of nitrogens with zero attached hydrogens (tertiary/aromatic N) is 1. The van der Waals surface area contributed by atoms with Crippen molar-refractivity contribution in [2.24, 2.45) is 0 Å². The predicted molar refractivity (Wildman–Crippen MR) is 225 cm³/mol. The Morgan fingerprint density at radius 2 is 1.25 bits per heavy atom. The zero-order valence-electron chi connectivity index (χ0n) is 36.8. The molecule has 0 aliphatic carbocycles. The molecule has 26 heteroatoms. The monoisotopic (exact) mass is 975 g/mol. The summed E-state index contributed by atoms with van der Waals surface area (Å²) in [6, 6.07) is 12.9. The number of amides is 3. The highest BCUT2D eigenvalue weighted by molar-refractivity contribution is 5.92. The smallest absolute Gasteiger partial charge is 0.411 e. The fraction of sp³-hybridized carbons (Fsp3) is 0.643. The van der Waals surface area contributed by atoms with Crippen molar-refractivity contribution in [3.8, 4) is 0 Å². The van der Waals surface area contributed by atoms with Crippen LogP contribution in [0.15, 0.2) is 54.6 Å². The van der Waals surface area contributed by atoms with Gasteiger partial charge < -0.3 is 110 Å². The standard InChI is InChI=1S/C42H61N3O23/c1-18(50)43-28-32(57)37(67-40-34(59)33(58)30(55)25(14-47)63-40)27(16-49)65-39(28)68-38-31(56)26(15-48)64-41(35(38)60)66-36(24(53)13-46)29(54)23(52)12-45(19(2)51)22-10-8-21(9-11-22)44-42(61)62-17-20-6-4-3-5-7-20/h3-11,23-41,46-49,52-60H,12-17H2,1-2H3,(H,43,50)(H,44,61)/t23-,24+,25+,26+,27+,28+,29+,30-,31-,32+,33-,34+,35+,36+,37+,38-,39-,40-,41-/m0/s1. The molecule has 2 aromatic carbocycles. The maximum absolute atomic E-state index is 12.8. The van der Waals surface area contributed by atoms with E-state index in [1.54, 1.807) is 24.3 Å². The van der Waals surface area contributed by atoms with Crippen molar-refractivity contribution in [1.29, 1.82) is 0 Å². The van der Waals surface area contributed by atoms with E-state index in [1.807, 2.05) is 6.07 Å². The van der Waals surface area contributed by atoms with Gasteiger partial charge in [-0.2, -0.15) is 0 Å². The fourth-order valence-electron chi connectivity index (χ4n) is 7.74. The third kappa shape index (κ3) is 13.4. The van der Waals surface area contributed by atoms with Crippen molar-refractivity contribution in [2.75, 3.05) is 43.2 Å². The first-order valence-corrected chi connectivity index (χ1v) is 21.5. The number of aliphatic hydroxyl groups excluding tert-OH is 13. The van der Waals surface area contributed by atoms with Crippen LogP contribution in [0.2, 0.25) is 0 Å². The number of rotatable bonds is 20. The summed E-state index contributed by atoms with van der Waals surface area (Å²) in [4.78, 5) is 38.6. The van der Waals surface area contributed by atoms with Crippen LogP contribution >= 0.6 is 0 Å². The molecule has 0 saturated carbocycles. The maximum Gasteiger partial charge on any atom is 0.411 e. The minimum Gasteiger partial charge on any atom is -0.444 e. The molecular weight excluding hydrogens is 914 g/mol. The topological polar surface area (TPSA) is 406 Å². The number of anilines is 2. The van der Waals surface area contributed by atoms with Gasteiger partial charge in [0.25, 0.3) is 0 Å². The van der Waals surface area contributed by atoms with Gasteiger partial charge in [-0.15, -0.1) is 0 Å². The van der Waals surface area contributed by atoms with Crippen LogP contribution < -0.4 is 15.5 Å². The molecule has 5 rings (SSSR count). The molecule has 0 spiro atoms. The molecule has 0 unspecified atom stereocenters. The van der Waals surface area contributed by atoms with Gasteiger partial charge >= 0.3 is 6.09 Å². The van der Waals surface area contributed by atoms with E-state index in [1.165, 1.54) is 24.3 Å². The van der Waals surface area contributed by atoms with Gasteiger partial charge in [-0.25, -0.2) is 4.79 Å². The van der Waals surface area contributed by atoms with Gasteiger partial charge in [-0.05, 0) is 29.8 Å². The second-order valence-corrected chi connectivity index (χ2v) is 16.3. The molecule has 3 aliphatic rings. The zero-order valence-corrected chi connectivity index (χ0v) is 36.8. The Bertz CT molecular complexity index is 1890. The summed E-state index contributed by atoms with van der Waals surface area (Å²) in [5.74, 6) is -1.43. The van der Waals surface area contributed by atoms with E-state index in [-0.39, 0.29) is 18.0 Å². The van der Waals surface area contributed by atoms with Gasteiger partial charge in [0.05, 0.1) is 33.0 Å². The Morgan fingerprint density at radius 1 is 0.662 bits per heavy atom. The average molecular weight is 976 g/mol. The van der Waals surface area contributed by atoms with Crippen LogP contribution in [0, 0.1) is 0 Å². The molecule has 68 heavy (non-hydrogen) atoms. The second kappa shape index (κ2) is 25.1. The lowest BCUT2D eigenvalue weighted by atomic mass is 9.94. The molecule has 382 valence electrons. The van der Waals surface area contributed by atoms with Gasteiger partial charge in [0.1, 0.15) is 104 Å². The van der Waals surface area contributed by atoms with E-state index in [4.69, 9.17) is 33.2 Å². The lowest BCUT2D eigenvalue weighted by Crippen LogP contribution is -2.69. The van der Waals surface area contributed by atoms with E-state index in [0.717, 1.165) is 24.3 Å². The summed E-state index contributed by atoms with van der Waals surface area (Å²) in [6.45, 7) is -2.36. The van der Waals surface area contributed by atoms with E-state index in [2.05, 4.69) is 10.6 Å². The normalized spacial score (nSPS) is 33.7. The Hall–Kier alpha value is -4.11. The van der Waals surface area contributed by atoms with Crippen LogP contribution in [0.3, 0.4) is 0 Å². The van der Waals surface area contributed by atoms with E-state index in [0.29, 0.717) is 0 Å². The zero-order chi connectivity index (χ0) is 50.0. The quantitative estimate of drug-likeness (QED) is 0.0587. The molecule has 2 aromatic rings. The third-order valence-electron chi connectivity index (χ3n) is 11.5. The first kappa shape index (κ1) is 54.8. The van der Waals surface area contributed by atoms with Crippen LogP contribution in [0.1, 0.15) is 19.4 Å². The van der Waals surface area contributed by atoms with Crippen molar-refractivity contribution in [1.82, 2.24) is 5.32 Å². The number of benzene rings is 2. The summed E-state index contributed by atoms with van der Waals surface area (Å²) in [5, 5.41) is 144. The number of nitrogens with one attached hydrogen (secondary N) is 2. The van der Waals surface area contributed by atoms with E-state index < -0.39 is 167 Å². The SMILES string of the molecule is CC(=O)N[C@H]1[C@H](O[C@H]2[C@@H](O)[C@@H](CO)O[C@@H](O[C@@H]([C@H](O)[C@@H](O)CN(C(C)=O)c3ccc(NC(=O)OCc4ccccc4)cc3)[C@H](O)CO)[C@@H]2O)O[C@H](CO)[C@@H](O[C@@H]2O[C@H](CO)[C@H](O)[C@H](O)[C@H]2O)[C@@H]1O. The predicted octanol–water partition coefficient (Wildman–Crippen LogP) is -6.16. The summed E-state index contributed by atoms with van der Waals surface area (Å²) >= 11 is 0. The molecule has 3 amide bonds. The first-order valence-electron chi connectivity index (χ1n) is 21.5. The van der Waals surface area contributed by atoms with Crippen LogP contribution in [0.4, 0.5) is 16.2 Å². The number of hydrogen-bond acceptors (Lipinski definition) is 23. The Balaban J connectivity index is 1.29. The van der Waals surface area contributed by atoms with Crippen LogP contribution in [-0.4, -0.2) is 234 Å². The number of ether oxygens (including phenoxy) is 7. The summed E-state index contributed by atoms with van der Waals surface area (Å²) in [7, 11) is 0. The summed E-state index contributed by atoms with van der Waals surface area (Å²) < 4.78 is 39.2. The molecule has 15 N–H and O–H groups in total. The minimum absolute atomic E-state index is 0.00756. The Morgan fingerprint density at radius 3 is 1.84 bits per heavy atom. The number of aliphatic hydroxyl groups is 13. The lowest BCUT2D eigenvalue weighted by Gasteiger charge is -2.49. The van der Waals surface area contributed by atoms with Crippen molar-refractivity contribution in [2.45, 2.75) is 137 Å². The van der Waals surface area contributed by atoms with E-state index in [9.17, 15) is 80.8 Å². The number of carbonyl (C=O) groups is 3. The van der Waals surface area contributed by atoms with Crippen LogP contribution in [-0.2, 0) is 49.4 Å². The number of hydrogen-bond donors (Lipinski definition) is 15. The van der Waals surface area contributed by atoms with Crippen LogP contribution in [0.25, 0.3) is 0 Å². The average Bonchev–Trinajstić information content (AvgIpc) is 3.32. The van der Waals surface area contributed by atoms with E-state index >= 15 is 0 Å². The lowest BCUT2D eigenvalue weighted by molar-refractivity contribution is -0.372. The number of carbonyl (C=O) groups excluding carboxylic acids is 3. The van der Waals surface area contributed by atoms with Gasteiger partial charge in [-0.1, -0.05) is 30.3 Å². The molecule has 3 heterocycles. The Kier molecular flexibility index (Phi) is 20.3. The van der Waals surface area contributed by atoms with Gasteiger partial charge in [0.15, 0.2) is 18.9 Å². The molecule has 0 aromatic heterocycles. The van der Waals surface area contributed by atoms with Crippen molar-refractivity contribution in [3.63, 3.8) is 0 Å². The fourth-order valence-corrected chi connectivity index (χ4v) is 7.74. The molecule has 3 fully saturated rings. The molecule has 19 atom stereocenters. The third-order valence-corrected chi connectivity index (χ3v) is 11.5. The first-order chi connectivity index (χ1) is 32.3. The largest absolute Gasteiger partial charge is 0.444 e. The molecule has 3 saturated heterocycles. The van der Waals surface area contributed by atoms with Crippen molar-refractivity contribution < 1.29 is 114 Å². The minimum atomic E-state index is -2.18. The van der Waals surface area contributed by atoms with Crippen molar-refractivity contribution in [3.05, 3.63) is 60.2 Å². The van der Waals surface area contributed by atoms with Crippen LogP contribution in [0.5, 0.6) is 0 Å². The summed E-state index contributed by atoms with van der Waals surface area (Å²) in [6.07, 6.45) is -35.0.